The second-order valence-corrected chi connectivity index (χ2v) is 4.52. The summed E-state index contributed by atoms with van der Waals surface area (Å²) in [6, 6.07) is 6.55. The van der Waals surface area contributed by atoms with Crippen molar-refractivity contribution in [2.45, 2.75) is 32.4 Å². The lowest BCUT2D eigenvalue weighted by Crippen LogP contribution is -2.30. The van der Waals surface area contributed by atoms with E-state index in [1.54, 1.807) is 0 Å². The van der Waals surface area contributed by atoms with Gasteiger partial charge in [0.25, 0.3) is 0 Å². The first kappa shape index (κ1) is 11.4. The third kappa shape index (κ3) is 2.36. The molecule has 1 aliphatic heterocycles. The summed E-state index contributed by atoms with van der Waals surface area (Å²) in [7, 11) is 0. The molecule has 0 radical (unpaired) electrons. The van der Waals surface area contributed by atoms with Gasteiger partial charge in [0.05, 0.1) is 19.3 Å². The number of hydrogen-bond donors (Lipinski definition) is 2. The Kier molecular flexibility index (Phi) is 3.46. The van der Waals surface area contributed by atoms with Crippen LogP contribution in [0.2, 0.25) is 0 Å². The van der Waals surface area contributed by atoms with Gasteiger partial charge in [-0.25, -0.2) is 0 Å². The summed E-state index contributed by atoms with van der Waals surface area (Å²) in [5, 5.41) is 12.7. The summed E-state index contributed by atoms with van der Waals surface area (Å²) >= 11 is 0. The van der Waals surface area contributed by atoms with Crippen LogP contribution in [0.1, 0.15) is 31.0 Å². The highest BCUT2D eigenvalue weighted by Crippen LogP contribution is 2.28. The minimum absolute atomic E-state index is 0.0194. The van der Waals surface area contributed by atoms with E-state index in [9.17, 15) is 5.11 Å². The van der Waals surface area contributed by atoms with Crippen LogP contribution in [-0.2, 0) is 6.42 Å². The van der Waals surface area contributed by atoms with Crippen LogP contribution in [-0.4, -0.2) is 24.4 Å². The smallest absolute Gasteiger partial charge is 0.122 e. The molecule has 0 spiro atoms. The second kappa shape index (κ2) is 4.85. The summed E-state index contributed by atoms with van der Waals surface area (Å²) in [4.78, 5) is 0. The lowest BCUT2D eigenvalue weighted by atomic mass is 10.0. The molecule has 1 aromatic carbocycles. The summed E-state index contributed by atoms with van der Waals surface area (Å²) in [6.07, 6.45) is 0.975. The standard InChI is InChI=1S/C13H19NO2/c1-9(2)14-12(8-15)10-3-4-13-11(7-10)5-6-16-13/h3-4,7,9,12,14-15H,5-6,8H2,1-2H3. The van der Waals surface area contributed by atoms with Crippen LogP contribution in [0.25, 0.3) is 0 Å². The van der Waals surface area contributed by atoms with Crippen LogP contribution in [0.3, 0.4) is 0 Å². The first-order chi connectivity index (χ1) is 7.70. The fourth-order valence-corrected chi connectivity index (χ4v) is 2.08. The largest absolute Gasteiger partial charge is 0.493 e. The number of fused-ring (bicyclic) bond motifs is 1. The Morgan fingerprint density at radius 1 is 1.44 bits per heavy atom. The lowest BCUT2D eigenvalue weighted by Gasteiger charge is -2.20. The highest BCUT2D eigenvalue weighted by atomic mass is 16.5. The van der Waals surface area contributed by atoms with Gasteiger partial charge in [0.1, 0.15) is 5.75 Å². The molecule has 3 nitrogen and oxygen atoms in total. The molecule has 0 fully saturated rings. The van der Waals surface area contributed by atoms with Crippen molar-refractivity contribution in [3.05, 3.63) is 29.3 Å². The number of rotatable bonds is 4. The van der Waals surface area contributed by atoms with Crippen LogP contribution in [0, 0.1) is 0 Å². The third-order valence-corrected chi connectivity index (χ3v) is 2.83. The Bertz CT molecular complexity index is 363. The maximum absolute atomic E-state index is 9.38. The second-order valence-electron chi connectivity index (χ2n) is 4.52. The molecular formula is C13H19NO2. The number of ether oxygens (including phenoxy) is 1. The van der Waals surface area contributed by atoms with Gasteiger partial charge in [-0.15, -0.1) is 0 Å². The van der Waals surface area contributed by atoms with E-state index in [-0.39, 0.29) is 12.6 Å². The monoisotopic (exact) mass is 221 g/mol. The molecule has 0 bridgehead atoms. The van der Waals surface area contributed by atoms with E-state index < -0.39 is 0 Å². The van der Waals surface area contributed by atoms with Gasteiger partial charge in [-0.3, -0.25) is 0 Å². The van der Waals surface area contributed by atoms with E-state index in [0.717, 1.165) is 24.3 Å². The van der Waals surface area contributed by atoms with Gasteiger partial charge in [0, 0.05) is 12.5 Å². The van der Waals surface area contributed by atoms with Crippen molar-refractivity contribution in [3.63, 3.8) is 0 Å². The normalized spacial score (nSPS) is 16.0. The van der Waals surface area contributed by atoms with E-state index in [4.69, 9.17) is 4.74 Å². The van der Waals surface area contributed by atoms with E-state index in [0.29, 0.717) is 6.04 Å². The van der Waals surface area contributed by atoms with E-state index in [2.05, 4.69) is 25.2 Å². The van der Waals surface area contributed by atoms with Crippen molar-refractivity contribution in [2.75, 3.05) is 13.2 Å². The van der Waals surface area contributed by atoms with E-state index >= 15 is 0 Å². The molecule has 88 valence electrons. The molecule has 1 atom stereocenters. The van der Waals surface area contributed by atoms with E-state index in [1.807, 2.05) is 12.1 Å². The number of hydrogen-bond acceptors (Lipinski definition) is 3. The molecular weight excluding hydrogens is 202 g/mol. The molecule has 0 aliphatic carbocycles. The average molecular weight is 221 g/mol. The maximum Gasteiger partial charge on any atom is 0.122 e. The minimum atomic E-state index is 0.0194. The Morgan fingerprint density at radius 3 is 2.94 bits per heavy atom. The zero-order chi connectivity index (χ0) is 11.5. The molecule has 1 aromatic rings. The van der Waals surface area contributed by atoms with Crippen LogP contribution in [0.5, 0.6) is 5.75 Å². The molecule has 3 heteroatoms. The van der Waals surface area contributed by atoms with Crippen LogP contribution < -0.4 is 10.1 Å². The first-order valence-electron chi connectivity index (χ1n) is 5.83. The lowest BCUT2D eigenvalue weighted by molar-refractivity contribution is 0.237. The summed E-state index contributed by atoms with van der Waals surface area (Å²) in [5.74, 6) is 0.991. The molecule has 0 amide bonds. The topological polar surface area (TPSA) is 41.5 Å². The molecule has 2 N–H and O–H groups in total. The summed E-state index contributed by atoms with van der Waals surface area (Å²) in [5.41, 5.74) is 2.39. The van der Waals surface area contributed by atoms with Gasteiger partial charge in [-0.1, -0.05) is 26.0 Å². The number of nitrogens with one attached hydrogen (secondary N) is 1. The van der Waals surface area contributed by atoms with Gasteiger partial charge in [0.15, 0.2) is 0 Å². The van der Waals surface area contributed by atoms with Crippen molar-refractivity contribution < 1.29 is 9.84 Å². The molecule has 16 heavy (non-hydrogen) atoms. The molecule has 1 unspecified atom stereocenters. The van der Waals surface area contributed by atoms with Gasteiger partial charge in [-0.05, 0) is 17.2 Å². The Labute approximate surface area is 96.4 Å². The van der Waals surface area contributed by atoms with Crippen LogP contribution in [0.15, 0.2) is 18.2 Å². The first-order valence-corrected chi connectivity index (χ1v) is 5.83. The van der Waals surface area contributed by atoms with Gasteiger partial charge >= 0.3 is 0 Å². The van der Waals surface area contributed by atoms with Crippen molar-refractivity contribution in [3.8, 4) is 5.75 Å². The fraction of sp³-hybridized carbons (Fsp3) is 0.538. The highest BCUT2D eigenvalue weighted by molar-refractivity contribution is 5.40. The molecule has 1 heterocycles. The quantitative estimate of drug-likeness (QED) is 0.812. The Morgan fingerprint density at radius 2 is 2.25 bits per heavy atom. The molecule has 1 aliphatic rings. The average Bonchev–Trinajstić information content (AvgIpc) is 2.72. The summed E-state index contributed by atoms with van der Waals surface area (Å²) < 4.78 is 5.46. The molecule has 0 saturated carbocycles. The SMILES string of the molecule is CC(C)NC(CO)c1ccc2c(c1)CCO2. The van der Waals surface area contributed by atoms with Crippen molar-refractivity contribution in [1.82, 2.24) is 5.32 Å². The Hall–Kier alpha value is -1.06. The van der Waals surface area contributed by atoms with Gasteiger partial charge < -0.3 is 15.2 Å². The highest BCUT2D eigenvalue weighted by Gasteiger charge is 2.16. The third-order valence-electron chi connectivity index (χ3n) is 2.83. The zero-order valence-electron chi connectivity index (χ0n) is 9.86. The summed E-state index contributed by atoms with van der Waals surface area (Å²) in [6.45, 7) is 5.07. The Balaban J connectivity index is 2.18. The molecule has 0 saturated heterocycles. The predicted octanol–water partition coefficient (Wildman–Crippen LogP) is 1.65. The fourth-order valence-electron chi connectivity index (χ4n) is 2.08. The number of aliphatic hydroxyl groups excluding tert-OH is 1. The number of benzene rings is 1. The van der Waals surface area contributed by atoms with Crippen LogP contribution in [0.4, 0.5) is 0 Å². The zero-order valence-corrected chi connectivity index (χ0v) is 9.86. The maximum atomic E-state index is 9.38. The number of aliphatic hydroxyl groups is 1. The predicted molar refractivity (Wildman–Crippen MR) is 63.7 cm³/mol. The van der Waals surface area contributed by atoms with Crippen LogP contribution >= 0.6 is 0 Å². The van der Waals surface area contributed by atoms with Crippen molar-refractivity contribution >= 4 is 0 Å². The van der Waals surface area contributed by atoms with Crippen molar-refractivity contribution in [2.24, 2.45) is 0 Å². The van der Waals surface area contributed by atoms with Gasteiger partial charge in [0.2, 0.25) is 0 Å². The minimum Gasteiger partial charge on any atom is -0.493 e. The van der Waals surface area contributed by atoms with Gasteiger partial charge in [-0.2, -0.15) is 0 Å². The molecule has 0 aromatic heterocycles. The van der Waals surface area contributed by atoms with Crippen molar-refractivity contribution in [1.29, 1.82) is 0 Å². The van der Waals surface area contributed by atoms with E-state index in [1.165, 1.54) is 5.56 Å². The molecule has 2 rings (SSSR count).